The molecule has 0 unspecified atom stereocenters. The lowest BCUT2D eigenvalue weighted by Crippen LogP contribution is -2.07. The molecule has 0 saturated carbocycles. The van der Waals surface area contributed by atoms with Gasteiger partial charge in [0.05, 0.1) is 11.3 Å². The van der Waals surface area contributed by atoms with Crippen LogP contribution in [0.3, 0.4) is 0 Å². The first-order valence-corrected chi connectivity index (χ1v) is 7.21. The Hall–Kier alpha value is -1.80. The summed E-state index contributed by atoms with van der Waals surface area (Å²) < 4.78 is 5.82. The van der Waals surface area contributed by atoms with Gasteiger partial charge in [0, 0.05) is 29.2 Å². The van der Waals surface area contributed by atoms with Crippen LogP contribution >= 0.6 is 27.3 Å². The number of thiazole rings is 1. The van der Waals surface area contributed by atoms with Gasteiger partial charge in [-0.15, -0.1) is 11.3 Å². The van der Waals surface area contributed by atoms with Crippen molar-refractivity contribution < 1.29 is 14.3 Å². The molecule has 0 fully saturated rings. The van der Waals surface area contributed by atoms with Crippen molar-refractivity contribution in [3.05, 3.63) is 39.6 Å². The highest BCUT2D eigenvalue weighted by atomic mass is 79.9. The van der Waals surface area contributed by atoms with Crippen molar-refractivity contribution in [3.63, 3.8) is 0 Å². The molecule has 0 aliphatic carbocycles. The van der Waals surface area contributed by atoms with Gasteiger partial charge in [0.15, 0.2) is 5.13 Å². The zero-order valence-electron chi connectivity index (χ0n) is 10.4. The van der Waals surface area contributed by atoms with E-state index in [1.807, 2.05) is 0 Å². The molecule has 2 rings (SSSR count). The highest BCUT2D eigenvalue weighted by Gasteiger charge is 2.10. The van der Waals surface area contributed by atoms with Crippen LogP contribution in [-0.4, -0.2) is 21.8 Å². The molecule has 0 atom stereocenters. The number of amides is 1. The number of hydrogen-bond acceptors (Lipinski definition) is 6. The molecule has 2 aromatic rings. The number of hydrogen-bond donors (Lipinski definition) is 1. The highest BCUT2D eigenvalue weighted by Crippen LogP contribution is 2.17. The molecule has 0 saturated heterocycles. The maximum absolute atomic E-state index is 11.8. The van der Waals surface area contributed by atoms with Gasteiger partial charge in [-0.25, -0.2) is 9.78 Å². The lowest BCUT2D eigenvalue weighted by molar-refractivity contribution is -0.114. The molecule has 1 amide bonds. The largest absolute Gasteiger partial charge is 0.456 e. The average molecular weight is 356 g/mol. The summed E-state index contributed by atoms with van der Waals surface area (Å²) >= 11 is 4.51. The first kappa shape index (κ1) is 14.6. The van der Waals surface area contributed by atoms with Gasteiger partial charge in [-0.2, -0.15) is 0 Å². The summed E-state index contributed by atoms with van der Waals surface area (Å²) in [5.74, 6) is -0.670. The predicted octanol–water partition coefficient (Wildman–Crippen LogP) is 2.62. The van der Waals surface area contributed by atoms with Gasteiger partial charge in [-0.1, -0.05) is 0 Å². The Morgan fingerprint density at radius 1 is 1.45 bits per heavy atom. The second-order valence-corrected chi connectivity index (χ2v) is 5.57. The maximum Gasteiger partial charge on any atom is 0.340 e. The van der Waals surface area contributed by atoms with Gasteiger partial charge in [0.2, 0.25) is 5.91 Å². The van der Waals surface area contributed by atoms with Crippen LogP contribution in [0.1, 0.15) is 23.0 Å². The van der Waals surface area contributed by atoms with Gasteiger partial charge in [0.25, 0.3) is 0 Å². The lowest BCUT2D eigenvalue weighted by atomic mass is 10.3. The van der Waals surface area contributed by atoms with Crippen LogP contribution in [0, 0.1) is 0 Å². The van der Waals surface area contributed by atoms with Crippen LogP contribution in [0.5, 0.6) is 0 Å². The van der Waals surface area contributed by atoms with E-state index in [0.29, 0.717) is 20.9 Å². The molecule has 0 bridgehead atoms. The molecule has 20 heavy (non-hydrogen) atoms. The Kier molecular flexibility index (Phi) is 4.80. The Balaban J connectivity index is 1.93. The van der Waals surface area contributed by atoms with Crippen molar-refractivity contribution in [2.75, 3.05) is 5.32 Å². The molecule has 2 heterocycles. The molecule has 104 valence electrons. The summed E-state index contributed by atoms with van der Waals surface area (Å²) in [4.78, 5) is 30.6. The third-order valence-electron chi connectivity index (χ3n) is 2.13. The molecule has 1 N–H and O–H groups in total. The number of halogens is 1. The molecule has 0 aromatic carbocycles. The van der Waals surface area contributed by atoms with Crippen molar-refractivity contribution in [2.45, 2.75) is 13.5 Å². The third kappa shape index (κ3) is 4.10. The van der Waals surface area contributed by atoms with Gasteiger partial charge < -0.3 is 10.1 Å². The van der Waals surface area contributed by atoms with Crippen LogP contribution in [0.2, 0.25) is 0 Å². The maximum atomic E-state index is 11.8. The van der Waals surface area contributed by atoms with E-state index in [0.717, 1.165) is 0 Å². The van der Waals surface area contributed by atoms with E-state index in [1.54, 1.807) is 17.6 Å². The Morgan fingerprint density at radius 3 is 2.95 bits per heavy atom. The molecule has 0 aliphatic heterocycles. The standard InChI is InChI=1S/C12H10BrN3O3S/c1-7(17)15-12-16-10(6-20-12)5-19-11(18)8-2-9(13)4-14-3-8/h2-4,6H,5H2,1H3,(H,15,16,17). The van der Waals surface area contributed by atoms with E-state index in [2.05, 4.69) is 31.2 Å². The number of nitrogens with zero attached hydrogens (tertiary/aromatic N) is 2. The molecule has 6 nitrogen and oxygen atoms in total. The molecule has 8 heteroatoms. The molecule has 2 aromatic heterocycles. The van der Waals surface area contributed by atoms with Crippen molar-refractivity contribution in [1.29, 1.82) is 0 Å². The van der Waals surface area contributed by atoms with Crippen LogP contribution in [-0.2, 0) is 16.1 Å². The summed E-state index contributed by atoms with van der Waals surface area (Å²) in [6.45, 7) is 1.45. The molecular weight excluding hydrogens is 346 g/mol. The fraction of sp³-hybridized carbons (Fsp3) is 0.167. The highest BCUT2D eigenvalue weighted by molar-refractivity contribution is 9.10. The first-order valence-electron chi connectivity index (χ1n) is 5.54. The molecular formula is C12H10BrN3O3S. The van der Waals surface area contributed by atoms with Gasteiger partial charge in [0.1, 0.15) is 6.61 Å². The summed E-state index contributed by atoms with van der Waals surface area (Å²) in [6.07, 6.45) is 3.01. The smallest absolute Gasteiger partial charge is 0.340 e. The summed E-state index contributed by atoms with van der Waals surface area (Å²) in [6, 6.07) is 1.62. The van der Waals surface area contributed by atoms with Crippen molar-refractivity contribution >= 4 is 44.3 Å². The number of aromatic nitrogens is 2. The van der Waals surface area contributed by atoms with Crippen LogP contribution < -0.4 is 5.32 Å². The predicted molar refractivity (Wildman–Crippen MR) is 77.5 cm³/mol. The quantitative estimate of drug-likeness (QED) is 0.852. The number of ether oxygens (including phenoxy) is 1. The Labute approximate surface area is 127 Å². The van der Waals surface area contributed by atoms with Crippen LogP contribution in [0.15, 0.2) is 28.3 Å². The van der Waals surface area contributed by atoms with Crippen molar-refractivity contribution in [2.24, 2.45) is 0 Å². The van der Waals surface area contributed by atoms with Crippen molar-refractivity contribution in [3.8, 4) is 0 Å². The van der Waals surface area contributed by atoms with E-state index in [1.165, 1.54) is 24.5 Å². The number of anilines is 1. The lowest BCUT2D eigenvalue weighted by Gasteiger charge is -2.02. The number of carbonyl (C=O) groups excluding carboxylic acids is 2. The normalized spacial score (nSPS) is 10.1. The zero-order valence-corrected chi connectivity index (χ0v) is 12.8. The van der Waals surface area contributed by atoms with Crippen molar-refractivity contribution in [1.82, 2.24) is 9.97 Å². The fourth-order valence-electron chi connectivity index (χ4n) is 1.33. The van der Waals surface area contributed by atoms with E-state index in [4.69, 9.17) is 4.74 Å². The molecule has 0 aliphatic rings. The van der Waals surface area contributed by atoms with Gasteiger partial charge >= 0.3 is 5.97 Å². The Morgan fingerprint density at radius 2 is 2.25 bits per heavy atom. The minimum absolute atomic E-state index is 0.0431. The summed E-state index contributed by atoms with van der Waals surface area (Å²) in [7, 11) is 0. The minimum atomic E-state index is -0.479. The summed E-state index contributed by atoms with van der Waals surface area (Å²) in [5.41, 5.74) is 0.937. The minimum Gasteiger partial charge on any atom is -0.456 e. The SMILES string of the molecule is CC(=O)Nc1nc(COC(=O)c2cncc(Br)c2)cs1. The monoisotopic (exact) mass is 355 g/mol. The van der Waals surface area contributed by atoms with Crippen LogP contribution in [0.25, 0.3) is 0 Å². The first-order chi connectivity index (χ1) is 9.54. The number of nitrogens with one attached hydrogen (secondary N) is 1. The summed E-state index contributed by atoms with van der Waals surface area (Å²) in [5, 5.41) is 4.76. The number of esters is 1. The van der Waals surface area contributed by atoms with Gasteiger partial charge in [-0.3, -0.25) is 9.78 Å². The number of pyridine rings is 1. The second-order valence-electron chi connectivity index (χ2n) is 3.79. The molecule has 0 spiro atoms. The van der Waals surface area contributed by atoms with E-state index in [-0.39, 0.29) is 12.5 Å². The Bertz CT molecular complexity index is 644. The second kappa shape index (κ2) is 6.58. The fourth-order valence-corrected chi connectivity index (χ4v) is 2.43. The van der Waals surface area contributed by atoms with Crippen LogP contribution in [0.4, 0.5) is 5.13 Å². The zero-order chi connectivity index (χ0) is 14.5. The number of carbonyl (C=O) groups is 2. The average Bonchev–Trinajstić information content (AvgIpc) is 2.82. The topological polar surface area (TPSA) is 81.2 Å². The van der Waals surface area contributed by atoms with E-state index >= 15 is 0 Å². The van der Waals surface area contributed by atoms with Gasteiger partial charge in [-0.05, 0) is 22.0 Å². The third-order valence-corrected chi connectivity index (χ3v) is 3.37. The van der Waals surface area contributed by atoms with E-state index < -0.39 is 5.97 Å². The molecule has 0 radical (unpaired) electrons. The number of rotatable bonds is 4. The van der Waals surface area contributed by atoms with E-state index in [9.17, 15) is 9.59 Å².